The number of nitrogens with zero attached hydrogens (tertiary/aromatic N) is 1. The van der Waals surface area contributed by atoms with E-state index >= 15 is 0 Å². The maximum absolute atomic E-state index is 12.8. The van der Waals surface area contributed by atoms with Crippen molar-refractivity contribution in [3.63, 3.8) is 0 Å². The van der Waals surface area contributed by atoms with Crippen molar-refractivity contribution in [3.8, 4) is 0 Å². The SMILES string of the molecule is O=C(CN1CCCC(C(=O)Nc2ccccc2)C1)Nc1ccccc1C(=O)NCc1ccccc1. The van der Waals surface area contributed by atoms with Gasteiger partial charge in [0.25, 0.3) is 5.91 Å². The topological polar surface area (TPSA) is 90.5 Å². The summed E-state index contributed by atoms with van der Waals surface area (Å²) in [4.78, 5) is 40.3. The van der Waals surface area contributed by atoms with E-state index in [1.807, 2.05) is 65.6 Å². The van der Waals surface area contributed by atoms with Crippen LogP contribution >= 0.6 is 0 Å². The molecule has 0 aliphatic carbocycles. The van der Waals surface area contributed by atoms with E-state index in [9.17, 15) is 14.4 Å². The number of anilines is 2. The molecule has 0 saturated carbocycles. The van der Waals surface area contributed by atoms with E-state index < -0.39 is 0 Å². The van der Waals surface area contributed by atoms with Crippen molar-refractivity contribution in [2.24, 2.45) is 5.92 Å². The lowest BCUT2D eigenvalue weighted by Crippen LogP contribution is -2.44. The van der Waals surface area contributed by atoms with E-state index in [-0.39, 0.29) is 30.2 Å². The molecule has 4 rings (SSSR count). The van der Waals surface area contributed by atoms with E-state index in [1.54, 1.807) is 24.3 Å². The second kappa shape index (κ2) is 11.9. The summed E-state index contributed by atoms with van der Waals surface area (Å²) in [5, 5.41) is 8.74. The number of likely N-dealkylation sites (tertiary alicyclic amines) is 1. The summed E-state index contributed by atoms with van der Waals surface area (Å²) in [5.74, 6) is -0.660. The van der Waals surface area contributed by atoms with Crippen LogP contribution in [0.3, 0.4) is 0 Å². The van der Waals surface area contributed by atoms with Gasteiger partial charge in [0.15, 0.2) is 0 Å². The molecule has 1 fully saturated rings. The molecule has 0 bridgehead atoms. The fourth-order valence-corrected chi connectivity index (χ4v) is 4.24. The predicted molar refractivity (Wildman–Crippen MR) is 137 cm³/mol. The van der Waals surface area contributed by atoms with Crippen molar-refractivity contribution in [2.75, 3.05) is 30.3 Å². The lowest BCUT2D eigenvalue weighted by Gasteiger charge is -2.31. The molecule has 7 heteroatoms. The molecule has 0 spiro atoms. The molecule has 3 aromatic carbocycles. The smallest absolute Gasteiger partial charge is 0.253 e. The van der Waals surface area contributed by atoms with Crippen molar-refractivity contribution >= 4 is 29.1 Å². The third-order valence-corrected chi connectivity index (χ3v) is 6.03. The van der Waals surface area contributed by atoms with Gasteiger partial charge >= 0.3 is 0 Å². The van der Waals surface area contributed by atoms with Gasteiger partial charge in [-0.1, -0.05) is 60.7 Å². The summed E-state index contributed by atoms with van der Waals surface area (Å²) in [7, 11) is 0. The molecule has 7 nitrogen and oxygen atoms in total. The van der Waals surface area contributed by atoms with Crippen molar-refractivity contribution in [1.82, 2.24) is 10.2 Å². The Morgan fingerprint density at radius 2 is 1.51 bits per heavy atom. The van der Waals surface area contributed by atoms with E-state index in [2.05, 4.69) is 16.0 Å². The van der Waals surface area contributed by atoms with Gasteiger partial charge in [0.05, 0.1) is 23.7 Å². The van der Waals surface area contributed by atoms with Gasteiger partial charge < -0.3 is 16.0 Å². The lowest BCUT2D eigenvalue weighted by molar-refractivity contribution is -0.123. The number of nitrogens with one attached hydrogen (secondary N) is 3. The van der Waals surface area contributed by atoms with Crippen LogP contribution in [0.1, 0.15) is 28.8 Å². The Balaban J connectivity index is 1.31. The summed E-state index contributed by atoms with van der Waals surface area (Å²) in [6.45, 7) is 1.84. The zero-order chi connectivity index (χ0) is 24.5. The van der Waals surface area contributed by atoms with Crippen molar-refractivity contribution in [1.29, 1.82) is 0 Å². The Morgan fingerprint density at radius 1 is 0.829 bits per heavy atom. The van der Waals surface area contributed by atoms with E-state index in [0.717, 1.165) is 30.6 Å². The average molecular weight is 471 g/mol. The number of hydrogen-bond acceptors (Lipinski definition) is 4. The zero-order valence-electron chi connectivity index (χ0n) is 19.6. The fourth-order valence-electron chi connectivity index (χ4n) is 4.24. The molecule has 180 valence electrons. The number of benzene rings is 3. The van der Waals surface area contributed by atoms with Gasteiger partial charge in [0.2, 0.25) is 11.8 Å². The molecule has 0 radical (unpaired) electrons. The predicted octanol–water partition coefficient (Wildman–Crippen LogP) is 3.91. The Bertz CT molecular complexity index is 1150. The summed E-state index contributed by atoms with van der Waals surface area (Å²) in [6.07, 6.45) is 1.64. The van der Waals surface area contributed by atoms with Crippen LogP contribution in [0.15, 0.2) is 84.9 Å². The third kappa shape index (κ3) is 7.01. The molecule has 1 heterocycles. The molecule has 1 aliphatic rings. The average Bonchev–Trinajstić information content (AvgIpc) is 2.89. The van der Waals surface area contributed by atoms with Crippen LogP contribution in [0.5, 0.6) is 0 Å². The van der Waals surface area contributed by atoms with E-state index in [4.69, 9.17) is 0 Å². The van der Waals surface area contributed by atoms with Gasteiger partial charge in [-0.3, -0.25) is 19.3 Å². The van der Waals surface area contributed by atoms with E-state index in [1.165, 1.54) is 0 Å². The molecule has 3 N–H and O–H groups in total. The minimum Gasteiger partial charge on any atom is -0.348 e. The van der Waals surface area contributed by atoms with Gasteiger partial charge in [-0.15, -0.1) is 0 Å². The molecule has 35 heavy (non-hydrogen) atoms. The molecule has 3 aromatic rings. The van der Waals surface area contributed by atoms with Crippen LogP contribution in [0.25, 0.3) is 0 Å². The Hall–Kier alpha value is -3.97. The molecule has 1 aliphatic heterocycles. The minimum atomic E-state index is -0.250. The van der Waals surface area contributed by atoms with Crippen molar-refractivity contribution in [3.05, 3.63) is 96.1 Å². The largest absolute Gasteiger partial charge is 0.348 e. The highest BCUT2D eigenvalue weighted by Crippen LogP contribution is 2.20. The van der Waals surface area contributed by atoms with Crippen molar-refractivity contribution < 1.29 is 14.4 Å². The van der Waals surface area contributed by atoms with Crippen LogP contribution in [0, 0.1) is 5.92 Å². The number of amides is 3. The Labute approximate surface area is 205 Å². The lowest BCUT2D eigenvalue weighted by atomic mass is 9.97. The number of piperidine rings is 1. The van der Waals surface area contributed by atoms with Crippen LogP contribution in [-0.2, 0) is 16.1 Å². The number of hydrogen-bond donors (Lipinski definition) is 3. The molecule has 1 atom stereocenters. The van der Waals surface area contributed by atoms with Gasteiger partial charge in [-0.2, -0.15) is 0 Å². The van der Waals surface area contributed by atoms with Crippen molar-refractivity contribution in [2.45, 2.75) is 19.4 Å². The first-order valence-electron chi connectivity index (χ1n) is 11.9. The Morgan fingerprint density at radius 3 is 2.29 bits per heavy atom. The fraction of sp³-hybridized carbons (Fsp3) is 0.250. The first-order chi connectivity index (χ1) is 17.1. The molecule has 3 amide bonds. The molecular weight excluding hydrogens is 440 g/mol. The Kier molecular flexibility index (Phi) is 8.25. The normalized spacial score (nSPS) is 15.7. The maximum Gasteiger partial charge on any atom is 0.253 e. The number of para-hydroxylation sites is 2. The first kappa shape index (κ1) is 24.2. The van der Waals surface area contributed by atoms with Crippen LogP contribution < -0.4 is 16.0 Å². The highest BCUT2D eigenvalue weighted by molar-refractivity contribution is 6.04. The molecule has 0 aromatic heterocycles. The number of carbonyl (C=O) groups is 3. The summed E-state index contributed by atoms with van der Waals surface area (Å²) in [6, 6.07) is 26.0. The molecule has 1 unspecified atom stereocenters. The van der Waals surface area contributed by atoms with Crippen LogP contribution in [0.4, 0.5) is 11.4 Å². The number of rotatable bonds is 8. The monoisotopic (exact) mass is 470 g/mol. The van der Waals surface area contributed by atoms with Gasteiger partial charge in [0.1, 0.15) is 0 Å². The molecule has 1 saturated heterocycles. The quantitative estimate of drug-likeness (QED) is 0.466. The summed E-state index contributed by atoms with van der Waals surface area (Å²) in [5.41, 5.74) is 2.65. The van der Waals surface area contributed by atoms with Gasteiger partial charge in [-0.25, -0.2) is 0 Å². The standard InChI is InChI=1S/C28H30N4O3/c33-26(20-32-17-9-12-22(19-32)27(34)30-23-13-5-2-6-14-23)31-25-16-8-7-15-24(25)28(35)29-18-21-10-3-1-4-11-21/h1-8,10-11,13-16,22H,9,12,17-20H2,(H,29,35)(H,30,34)(H,31,33). The number of carbonyl (C=O) groups excluding carboxylic acids is 3. The zero-order valence-corrected chi connectivity index (χ0v) is 19.6. The maximum atomic E-state index is 12.8. The highest BCUT2D eigenvalue weighted by atomic mass is 16.2. The third-order valence-electron chi connectivity index (χ3n) is 6.03. The van der Waals surface area contributed by atoms with Gasteiger partial charge in [0, 0.05) is 18.8 Å². The van der Waals surface area contributed by atoms with Crippen LogP contribution in [-0.4, -0.2) is 42.3 Å². The van der Waals surface area contributed by atoms with E-state index in [0.29, 0.717) is 24.3 Å². The molecular formula is C28H30N4O3. The van der Waals surface area contributed by atoms with Crippen LogP contribution in [0.2, 0.25) is 0 Å². The second-order valence-corrected chi connectivity index (χ2v) is 8.69. The summed E-state index contributed by atoms with van der Waals surface area (Å²) < 4.78 is 0. The van der Waals surface area contributed by atoms with Gasteiger partial charge in [-0.05, 0) is 49.2 Å². The second-order valence-electron chi connectivity index (χ2n) is 8.69. The highest BCUT2D eigenvalue weighted by Gasteiger charge is 2.27. The summed E-state index contributed by atoms with van der Waals surface area (Å²) >= 11 is 0. The minimum absolute atomic E-state index is 0.0262. The first-order valence-corrected chi connectivity index (χ1v) is 11.9.